The molecule has 1 saturated heterocycles. The van der Waals surface area contributed by atoms with Crippen LogP contribution in [-0.4, -0.2) is 53.9 Å². The van der Waals surface area contributed by atoms with Gasteiger partial charge < -0.3 is 4.52 Å². The Morgan fingerprint density at radius 2 is 1.61 bits per heavy atom. The molecule has 164 valence electrons. The summed E-state index contributed by atoms with van der Waals surface area (Å²) in [5, 5.41) is 4.12. The fourth-order valence-electron chi connectivity index (χ4n) is 3.74. The molecule has 1 aliphatic rings. The number of hydrogen-bond donors (Lipinski definition) is 0. The van der Waals surface area contributed by atoms with Crippen molar-refractivity contribution in [1.29, 1.82) is 0 Å². The average molecular weight is 441 g/mol. The van der Waals surface area contributed by atoms with Crippen LogP contribution in [0.4, 0.5) is 0 Å². The van der Waals surface area contributed by atoms with Crippen molar-refractivity contribution in [3.8, 4) is 11.4 Å². The van der Waals surface area contributed by atoms with Crippen molar-refractivity contribution in [3.63, 3.8) is 0 Å². The van der Waals surface area contributed by atoms with Crippen LogP contribution in [0.3, 0.4) is 0 Å². The summed E-state index contributed by atoms with van der Waals surface area (Å²) >= 11 is 0. The van der Waals surface area contributed by atoms with Gasteiger partial charge in [0, 0.05) is 31.7 Å². The predicted molar refractivity (Wildman–Crippen MR) is 119 cm³/mol. The summed E-state index contributed by atoms with van der Waals surface area (Å²) in [5.41, 5.74) is 4.16. The Morgan fingerprint density at radius 1 is 0.935 bits per heavy atom. The zero-order chi connectivity index (χ0) is 22.2. The van der Waals surface area contributed by atoms with E-state index in [4.69, 9.17) is 4.52 Å². The van der Waals surface area contributed by atoms with Crippen LogP contribution in [0.5, 0.6) is 0 Å². The molecule has 2 aromatic carbocycles. The van der Waals surface area contributed by atoms with Gasteiger partial charge in [0.15, 0.2) is 0 Å². The first kappa shape index (κ1) is 21.7. The third kappa shape index (κ3) is 4.42. The molecule has 0 radical (unpaired) electrons. The summed E-state index contributed by atoms with van der Waals surface area (Å²) in [7, 11) is -3.50. The number of nitrogens with zero attached hydrogens (tertiary/aromatic N) is 4. The lowest BCUT2D eigenvalue weighted by Gasteiger charge is -2.36. The molecule has 0 bridgehead atoms. The lowest BCUT2D eigenvalue weighted by Crippen LogP contribution is -2.49. The molecule has 2 heterocycles. The van der Waals surface area contributed by atoms with Crippen LogP contribution in [0.25, 0.3) is 11.4 Å². The topological polar surface area (TPSA) is 79.5 Å². The summed E-state index contributed by atoms with van der Waals surface area (Å²) in [5.74, 6) is 1.11. The quantitative estimate of drug-likeness (QED) is 0.601. The van der Waals surface area contributed by atoms with Gasteiger partial charge in [-0.3, -0.25) is 4.90 Å². The van der Waals surface area contributed by atoms with Crippen molar-refractivity contribution in [3.05, 3.63) is 65.0 Å². The highest BCUT2D eigenvalue weighted by Gasteiger charge is 2.32. The fraction of sp³-hybridized carbons (Fsp3) is 0.391. The Morgan fingerprint density at radius 3 is 2.26 bits per heavy atom. The van der Waals surface area contributed by atoms with Crippen molar-refractivity contribution in [2.75, 3.05) is 26.2 Å². The number of piperazine rings is 1. The van der Waals surface area contributed by atoms with E-state index in [1.165, 1.54) is 5.56 Å². The van der Waals surface area contributed by atoms with Crippen molar-refractivity contribution >= 4 is 10.0 Å². The van der Waals surface area contributed by atoms with Gasteiger partial charge in [-0.25, -0.2) is 8.42 Å². The summed E-state index contributed by atoms with van der Waals surface area (Å²) < 4.78 is 33.2. The van der Waals surface area contributed by atoms with E-state index >= 15 is 0 Å². The number of sulfonamides is 1. The van der Waals surface area contributed by atoms with E-state index in [1.54, 1.807) is 16.4 Å². The van der Waals surface area contributed by atoms with Crippen LogP contribution in [0.1, 0.15) is 35.5 Å². The molecule has 1 aromatic heterocycles. The van der Waals surface area contributed by atoms with E-state index in [9.17, 15) is 8.42 Å². The van der Waals surface area contributed by atoms with Gasteiger partial charge >= 0.3 is 0 Å². The Hall–Kier alpha value is -2.55. The third-order valence-electron chi connectivity index (χ3n) is 6.05. The average Bonchev–Trinajstić information content (AvgIpc) is 3.26. The highest BCUT2D eigenvalue weighted by atomic mass is 32.2. The second-order valence-corrected chi connectivity index (χ2v) is 10.1. The highest BCUT2D eigenvalue weighted by molar-refractivity contribution is 7.89. The smallest absolute Gasteiger partial charge is 0.244 e. The molecule has 3 aromatic rings. The lowest BCUT2D eigenvalue weighted by molar-refractivity contribution is 0.124. The van der Waals surface area contributed by atoms with Crippen molar-refractivity contribution < 1.29 is 12.9 Å². The molecular weight excluding hydrogens is 412 g/mol. The minimum absolute atomic E-state index is 0.0850. The predicted octanol–water partition coefficient (Wildman–Crippen LogP) is 3.73. The Bertz CT molecular complexity index is 1160. The van der Waals surface area contributed by atoms with Gasteiger partial charge in [0.25, 0.3) is 0 Å². The minimum Gasteiger partial charge on any atom is -0.337 e. The van der Waals surface area contributed by atoms with Gasteiger partial charge in [-0.2, -0.15) is 9.29 Å². The van der Waals surface area contributed by atoms with Crippen LogP contribution in [0.15, 0.2) is 51.9 Å². The SMILES string of the molecule is Cc1ccc(-c2noc([C@@H](C)N3CCN(S(=O)(=O)c4ccc(C)c(C)c4)CC3)n2)cc1. The molecular formula is C23H28N4O3S. The third-order valence-corrected chi connectivity index (χ3v) is 7.94. The normalized spacial score (nSPS) is 17.0. The lowest BCUT2D eigenvalue weighted by atomic mass is 10.1. The van der Waals surface area contributed by atoms with Gasteiger partial charge in [0.05, 0.1) is 10.9 Å². The second kappa shape index (κ2) is 8.53. The zero-order valence-corrected chi connectivity index (χ0v) is 19.2. The van der Waals surface area contributed by atoms with E-state index in [-0.39, 0.29) is 6.04 Å². The molecule has 0 saturated carbocycles. The first-order valence-electron chi connectivity index (χ1n) is 10.5. The highest BCUT2D eigenvalue weighted by Crippen LogP contribution is 2.26. The van der Waals surface area contributed by atoms with Crippen molar-refractivity contribution in [2.24, 2.45) is 0 Å². The molecule has 4 rings (SSSR count). The van der Waals surface area contributed by atoms with E-state index in [0.29, 0.717) is 42.8 Å². The molecule has 0 amide bonds. The van der Waals surface area contributed by atoms with Crippen molar-refractivity contribution in [1.82, 2.24) is 19.3 Å². The first-order chi connectivity index (χ1) is 14.8. The maximum absolute atomic E-state index is 13.0. The van der Waals surface area contributed by atoms with Gasteiger partial charge in [-0.05, 0) is 51.0 Å². The van der Waals surface area contributed by atoms with E-state index < -0.39 is 10.0 Å². The maximum Gasteiger partial charge on any atom is 0.244 e. The van der Waals surface area contributed by atoms with Gasteiger partial charge in [-0.1, -0.05) is 41.1 Å². The molecule has 1 atom stereocenters. The molecule has 0 unspecified atom stereocenters. The van der Waals surface area contributed by atoms with Gasteiger partial charge in [-0.15, -0.1) is 0 Å². The number of aromatic nitrogens is 2. The van der Waals surface area contributed by atoms with Crippen LogP contribution in [0, 0.1) is 20.8 Å². The summed E-state index contributed by atoms with van der Waals surface area (Å²) in [6, 6.07) is 13.2. The van der Waals surface area contributed by atoms with Gasteiger partial charge in [0.1, 0.15) is 0 Å². The maximum atomic E-state index is 13.0. The number of rotatable bonds is 5. The Balaban J connectivity index is 1.42. The molecule has 1 fully saturated rings. The molecule has 8 heteroatoms. The van der Waals surface area contributed by atoms with Crippen LogP contribution in [-0.2, 0) is 10.0 Å². The van der Waals surface area contributed by atoms with Gasteiger partial charge in [0.2, 0.25) is 21.7 Å². The molecule has 0 spiro atoms. The number of benzene rings is 2. The minimum atomic E-state index is -3.50. The molecule has 1 aliphatic heterocycles. The van der Waals surface area contributed by atoms with E-state index in [0.717, 1.165) is 16.7 Å². The van der Waals surface area contributed by atoms with Crippen LogP contribution < -0.4 is 0 Å². The Kier molecular flexibility index (Phi) is 5.96. The number of hydrogen-bond acceptors (Lipinski definition) is 6. The molecule has 0 N–H and O–H groups in total. The second-order valence-electron chi connectivity index (χ2n) is 8.18. The van der Waals surface area contributed by atoms with Crippen molar-refractivity contribution in [2.45, 2.75) is 38.6 Å². The monoisotopic (exact) mass is 440 g/mol. The fourth-order valence-corrected chi connectivity index (χ4v) is 5.24. The largest absolute Gasteiger partial charge is 0.337 e. The summed E-state index contributed by atoms with van der Waals surface area (Å²) in [4.78, 5) is 7.10. The molecule has 7 nitrogen and oxygen atoms in total. The van der Waals surface area contributed by atoms with Crippen LogP contribution in [0.2, 0.25) is 0 Å². The molecule has 31 heavy (non-hydrogen) atoms. The van der Waals surface area contributed by atoms with Crippen LogP contribution >= 0.6 is 0 Å². The standard InChI is InChI=1S/C23H28N4O3S/c1-16-5-8-20(9-6-16)22-24-23(30-25-22)19(4)26-11-13-27(14-12-26)31(28,29)21-10-7-17(2)18(3)15-21/h5-10,15,19H,11-14H2,1-4H3/t19-/m1/s1. The number of aryl methyl sites for hydroxylation is 3. The summed E-state index contributed by atoms with van der Waals surface area (Å²) in [6.07, 6.45) is 0. The van der Waals surface area contributed by atoms with E-state index in [2.05, 4.69) is 15.0 Å². The summed E-state index contributed by atoms with van der Waals surface area (Å²) in [6.45, 7) is 10.0. The Labute approximate surface area is 183 Å². The molecule has 0 aliphatic carbocycles. The van der Waals surface area contributed by atoms with E-state index in [1.807, 2.05) is 58.0 Å². The zero-order valence-electron chi connectivity index (χ0n) is 18.4. The first-order valence-corrected chi connectivity index (χ1v) is 11.9.